The molecule has 0 aromatic heterocycles. The van der Waals surface area contributed by atoms with Crippen molar-refractivity contribution in [3.8, 4) is 0 Å². The Morgan fingerprint density at radius 3 is 2.57 bits per heavy atom. The molecule has 1 amide bonds. The number of para-hydroxylation sites is 1. The van der Waals surface area contributed by atoms with Crippen molar-refractivity contribution in [3.63, 3.8) is 0 Å². The lowest BCUT2D eigenvalue weighted by Crippen LogP contribution is -2.41. The number of nitrogens with one attached hydrogen (secondary N) is 1. The van der Waals surface area contributed by atoms with Crippen LogP contribution in [0.4, 0.5) is 10.1 Å². The van der Waals surface area contributed by atoms with Gasteiger partial charge >= 0.3 is 0 Å². The van der Waals surface area contributed by atoms with E-state index in [0.29, 0.717) is 5.69 Å². The Labute approximate surface area is 81.6 Å². The highest BCUT2D eigenvalue weighted by atomic mass is 19.1. The number of amides is 1. The maximum absolute atomic E-state index is 12.2. The van der Waals surface area contributed by atoms with Gasteiger partial charge in [-0.15, -0.1) is 0 Å². The third kappa shape index (κ3) is 2.53. The second-order valence-corrected chi connectivity index (χ2v) is 3.23. The Morgan fingerprint density at radius 2 is 2.07 bits per heavy atom. The summed E-state index contributed by atoms with van der Waals surface area (Å²) in [5.41, 5.74) is -1.43. The van der Waals surface area contributed by atoms with E-state index in [1.54, 1.807) is 30.3 Å². The summed E-state index contributed by atoms with van der Waals surface area (Å²) < 4.78 is 12.2. The quantitative estimate of drug-likeness (QED) is 0.768. The van der Waals surface area contributed by atoms with Crippen LogP contribution >= 0.6 is 0 Å². The van der Waals surface area contributed by atoms with Gasteiger partial charge in [-0.1, -0.05) is 18.2 Å². The number of aliphatic hydroxyl groups is 1. The first-order valence-corrected chi connectivity index (χ1v) is 4.21. The third-order valence-corrected chi connectivity index (χ3v) is 1.78. The Hall–Kier alpha value is -1.42. The van der Waals surface area contributed by atoms with E-state index < -0.39 is 18.2 Å². The highest BCUT2D eigenvalue weighted by Crippen LogP contribution is 2.10. The molecule has 0 saturated carbocycles. The molecule has 4 heteroatoms. The number of hydrogen-bond donors (Lipinski definition) is 2. The molecule has 76 valence electrons. The molecule has 0 aliphatic rings. The molecule has 1 atom stereocenters. The van der Waals surface area contributed by atoms with E-state index in [9.17, 15) is 14.3 Å². The molecular weight excluding hydrogens is 185 g/mol. The van der Waals surface area contributed by atoms with E-state index >= 15 is 0 Å². The van der Waals surface area contributed by atoms with Gasteiger partial charge in [0.15, 0.2) is 5.60 Å². The summed E-state index contributed by atoms with van der Waals surface area (Å²) in [6, 6.07) is 8.58. The van der Waals surface area contributed by atoms with E-state index in [1.165, 1.54) is 0 Å². The molecular formula is C10H12FNO2. The van der Waals surface area contributed by atoms with Gasteiger partial charge in [0.25, 0.3) is 5.91 Å². The standard InChI is InChI=1S/C10H12FNO2/c1-10(14,7-11)9(13)12-8-5-3-2-4-6-8/h2-6,14H,7H2,1H3,(H,12,13). The van der Waals surface area contributed by atoms with Crippen LogP contribution in [0.25, 0.3) is 0 Å². The van der Waals surface area contributed by atoms with Gasteiger partial charge in [0.1, 0.15) is 6.67 Å². The second kappa shape index (κ2) is 4.19. The monoisotopic (exact) mass is 197 g/mol. The van der Waals surface area contributed by atoms with Crippen molar-refractivity contribution in [1.82, 2.24) is 0 Å². The number of alkyl halides is 1. The molecule has 1 unspecified atom stereocenters. The van der Waals surface area contributed by atoms with Crippen LogP contribution in [0.1, 0.15) is 6.92 Å². The van der Waals surface area contributed by atoms with Crippen molar-refractivity contribution in [3.05, 3.63) is 30.3 Å². The summed E-state index contributed by atoms with van der Waals surface area (Å²) in [6.07, 6.45) is 0. The average molecular weight is 197 g/mol. The fraction of sp³-hybridized carbons (Fsp3) is 0.300. The van der Waals surface area contributed by atoms with Gasteiger partial charge in [-0.05, 0) is 19.1 Å². The molecule has 1 aromatic carbocycles. The molecule has 14 heavy (non-hydrogen) atoms. The number of carbonyl (C=O) groups excluding carboxylic acids is 1. The fourth-order valence-corrected chi connectivity index (χ4v) is 0.848. The van der Waals surface area contributed by atoms with Crippen molar-refractivity contribution in [2.75, 3.05) is 12.0 Å². The van der Waals surface area contributed by atoms with Crippen molar-refractivity contribution in [1.29, 1.82) is 0 Å². The smallest absolute Gasteiger partial charge is 0.258 e. The minimum Gasteiger partial charge on any atom is -0.378 e. The van der Waals surface area contributed by atoms with E-state index in [0.717, 1.165) is 6.92 Å². The molecule has 0 heterocycles. The molecule has 0 radical (unpaired) electrons. The SMILES string of the molecule is CC(O)(CF)C(=O)Nc1ccccc1. The average Bonchev–Trinajstić information content (AvgIpc) is 2.19. The molecule has 1 aromatic rings. The summed E-state index contributed by atoms with van der Waals surface area (Å²) in [7, 11) is 0. The molecule has 2 N–H and O–H groups in total. The lowest BCUT2D eigenvalue weighted by Gasteiger charge is -2.18. The molecule has 0 aliphatic heterocycles. The minimum absolute atomic E-state index is 0.534. The Balaban J connectivity index is 2.67. The largest absolute Gasteiger partial charge is 0.378 e. The van der Waals surface area contributed by atoms with Crippen LogP contribution in [-0.4, -0.2) is 23.3 Å². The number of anilines is 1. The molecule has 0 spiro atoms. The van der Waals surface area contributed by atoms with E-state index in [-0.39, 0.29) is 0 Å². The summed E-state index contributed by atoms with van der Waals surface area (Å²) in [4.78, 5) is 11.3. The first kappa shape index (κ1) is 10.7. The van der Waals surface area contributed by atoms with Crippen molar-refractivity contribution in [2.45, 2.75) is 12.5 Å². The number of hydrogen-bond acceptors (Lipinski definition) is 2. The zero-order valence-electron chi connectivity index (χ0n) is 7.83. The molecule has 0 bridgehead atoms. The second-order valence-electron chi connectivity index (χ2n) is 3.23. The van der Waals surface area contributed by atoms with Gasteiger partial charge in [-0.25, -0.2) is 4.39 Å². The van der Waals surface area contributed by atoms with E-state index in [2.05, 4.69) is 5.32 Å². The minimum atomic E-state index is -1.96. The van der Waals surface area contributed by atoms with Crippen molar-refractivity contribution < 1.29 is 14.3 Å². The lowest BCUT2D eigenvalue weighted by atomic mass is 10.1. The Kier molecular flexibility index (Phi) is 3.19. The van der Waals surface area contributed by atoms with Crippen LogP contribution in [0.3, 0.4) is 0 Å². The molecule has 0 fully saturated rings. The summed E-state index contributed by atoms with van der Waals surface area (Å²) in [5, 5.41) is 11.7. The van der Waals surface area contributed by atoms with E-state index in [4.69, 9.17) is 0 Å². The lowest BCUT2D eigenvalue weighted by molar-refractivity contribution is -0.133. The van der Waals surface area contributed by atoms with Crippen LogP contribution in [0, 0.1) is 0 Å². The van der Waals surface area contributed by atoms with Crippen molar-refractivity contribution in [2.24, 2.45) is 0 Å². The summed E-state index contributed by atoms with van der Waals surface area (Å²) >= 11 is 0. The third-order valence-electron chi connectivity index (χ3n) is 1.78. The maximum Gasteiger partial charge on any atom is 0.258 e. The Bertz CT molecular complexity index is 311. The van der Waals surface area contributed by atoms with Crippen LogP contribution in [-0.2, 0) is 4.79 Å². The number of halogens is 1. The normalized spacial score (nSPS) is 14.5. The highest BCUT2D eigenvalue weighted by Gasteiger charge is 2.30. The predicted molar refractivity (Wildman–Crippen MR) is 51.7 cm³/mol. The van der Waals surface area contributed by atoms with Gasteiger partial charge in [0, 0.05) is 5.69 Å². The van der Waals surface area contributed by atoms with Gasteiger partial charge < -0.3 is 10.4 Å². The van der Waals surface area contributed by atoms with E-state index in [1.807, 2.05) is 0 Å². The molecule has 3 nitrogen and oxygen atoms in total. The number of carbonyl (C=O) groups is 1. The fourth-order valence-electron chi connectivity index (χ4n) is 0.848. The Morgan fingerprint density at radius 1 is 1.50 bits per heavy atom. The maximum atomic E-state index is 12.2. The predicted octanol–water partition coefficient (Wildman–Crippen LogP) is 1.35. The van der Waals surface area contributed by atoms with Gasteiger partial charge in [0.2, 0.25) is 0 Å². The van der Waals surface area contributed by atoms with Crippen LogP contribution in [0.2, 0.25) is 0 Å². The first-order chi connectivity index (χ1) is 6.56. The van der Waals surface area contributed by atoms with Gasteiger partial charge in [0.05, 0.1) is 0 Å². The number of rotatable bonds is 3. The van der Waals surface area contributed by atoms with Crippen LogP contribution < -0.4 is 5.32 Å². The zero-order chi connectivity index (χ0) is 10.6. The molecule has 0 saturated heterocycles. The molecule has 0 aliphatic carbocycles. The van der Waals surface area contributed by atoms with Gasteiger partial charge in [-0.3, -0.25) is 4.79 Å². The summed E-state index contributed by atoms with van der Waals surface area (Å²) in [6.45, 7) is 0.0247. The van der Waals surface area contributed by atoms with Crippen LogP contribution in [0.5, 0.6) is 0 Å². The van der Waals surface area contributed by atoms with Crippen molar-refractivity contribution >= 4 is 11.6 Å². The first-order valence-electron chi connectivity index (χ1n) is 4.21. The van der Waals surface area contributed by atoms with Gasteiger partial charge in [-0.2, -0.15) is 0 Å². The molecule has 1 rings (SSSR count). The zero-order valence-corrected chi connectivity index (χ0v) is 7.83. The topological polar surface area (TPSA) is 49.3 Å². The van der Waals surface area contributed by atoms with Crippen LogP contribution in [0.15, 0.2) is 30.3 Å². The number of benzene rings is 1. The highest BCUT2D eigenvalue weighted by molar-refractivity contribution is 5.96. The summed E-state index contributed by atoms with van der Waals surface area (Å²) in [5.74, 6) is -0.744.